The van der Waals surface area contributed by atoms with E-state index in [1.807, 2.05) is 0 Å². The molecule has 24 heavy (non-hydrogen) atoms. The number of benzene rings is 1. The molecule has 1 saturated heterocycles. The lowest BCUT2D eigenvalue weighted by Gasteiger charge is -2.28. The van der Waals surface area contributed by atoms with Crippen LogP contribution in [0.15, 0.2) is 24.3 Å². The molecule has 5 nitrogen and oxygen atoms in total. The van der Waals surface area contributed by atoms with Gasteiger partial charge in [0.05, 0.1) is 6.04 Å². The molecule has 0 aliphatic carbocycles. The summed E-state index contributed by atoms with van der Waals surface area (Å²) < 4.78 is 18.7. The predicted molar refractivity (Wildman–Crippen MR) is 88.9 cm³/mol. The van der Waals surface area contributed by atoms with Gasteiger partial charge in [-0.05, 0) is 58.2 Å². The van der Waals surface area contributed by atoms with E-state index in [0.717, 1.165) is 6.42 Å². The number of rotatable bonds is 3. The summed E-state index contributed by atoms with van der Waals surface area (Å²) in [6.45, 7) is 7.67. The van der Waals surface area contributed by atoms with Crippen molar-refractivity contribution in [1.29, 1.82) is 0 Å². The zero-order chi connectivity index (χ0) is 17.9. The molecule has 6 heteroatoms. The number of nitrogens with zero attached hydrogens (tertiary/aromatic N) is 1. The average molecular weight is 336 g/mol. The standard InChI is InChI=1S/C18H25FN2O3/c1-12(13-7-5-8-14(19)11-13)20-16(22)15-9-6-10-21(15)17(23)24-18(2,3)4/h5,7-8,11-12,15H,6,9-10H2,1-4H3,(H,20,22)/t12-,15+/m1/s1. The van der Waals surface area contributed by atoms with Crippen molar-refractivity contribution in [1.82, 2.24) is 10.2 Å². The van der Waals surface area contributed by atoms with Gasteiger partial charge in [-0.2, -0.15) is 0 Å². The Morgan fingerprint density at radius 1 is 1.38 bits per heavy atom. The topological polar surface area (TPSA) is 58.6 Å². The van der Waals surface area contributed by atoms with E-state index in [-0.39, 0.29) is 17.8 Å². The molecule has 1 aromatic rings. The minimum atomic E-state index is -0.602. The van der Waals surface area contributed by atoms with Gasteiger partial charge < -0.3 is 10.1 Å². The van der Waals surface area contributed by atoms with Gasteiger partial charge in [-0.25, -0.2) is 9.18 Å². The first-order chi connectivity index (χ1) is 11.2. The molecule has 0 bridgehead atoms. The molecule has 0 radical (unpaired) electrons. The maximum Gasteiger partial charge on any atom is 0.410 e. The van der Waals surface area contributed by atoms with E-state index in [0.29, 0.717) is 18.5 Å². The monoisotopic (exact) mass is 336 g/mol. The summed E-state index contributed by atoms with van der Waals surface area (Å²) in [6.07, 6.45) is 0.880. The fourth-order valence-electron chi connectivity index (χ4n) is 2.75. The molecular weight excluding hydrogens is 311 g/mol. The van der Waals surface area contributed by atoms with E-state index < -0.39 is 17.7 Å². The fourth-order valence-corrected chi connectivity index (χ4v) is 2.75. The van der Waals surface area contributed by atoms with Gasteiger partial charge in [0, 0.05) is 6.54 Å². The van der Waals surface area contributed by atoms with E-state index in [9.17, 15) is 14.0 Å². The molecule has 132 valence electrons. The minimum Gasteiger partial charge on any atom is -0.444 e. The quantitative estimate of drug-likeness (QED) is 0.920. The van der Waals surface area contributed by atoms with E-state index >= 15 is 0 Å². The molecule has 1 fully saturated rings. The SMILES string of the molecule is C[C@@H](NC(=O)[C@@H]1CCCN1C(=O)OC(C)(C)C)c1cccc(F)c1. The van der Waals surface area contributed by atoms with E-state index in [4.69, 9.17) is 4.74 Å². The van der Waals surface area contributed by atoms with Crippen molar-refractivity contribution in [2.24, 2.45) is 0 Å². The Morgan fingerprint density at radius 3 is 2.71 bits per heavy atom. The molecule has 0 spiro atoms. The molecule has 2 rings (SSSR count). The number of halogens is 1. The van der Waals surface area contributed by atoms with Gasteiger partial charge >= 0.3 is 6.09 Å². The molecule has 1 aliphatic heterocycles. The van der Waals surface area contributed by atoms with E-state index in [1.54, 1.807) is 39.8 Å². The molecule has 1 heterocycles. The Morgan fingerprint density at radius 2 is 2.08 bits per heavy atom. The number of nitrogens with one attached hydrogen (secondary N) is 1. The second-order valence-corrected chi connectivity index (χ2v) is 7.12. The number of ether oxygens (including phenoxy) is 1. The number of hydrogen-bond donors (Lipinski definition) is 1. The summed E-state index contributed by atoms with van der Waals surface area (Å²) in [4.78, 5) is 26.3. The highest BCUT2D eigenvalue weighted by molar-refractivity contribution is 5.86. The lowest BCUT2D eigenvalue weighted by Crippen LogP contribution is -2.48. The van der Waals surface area contributed by atoms with Crippen LogP contribution in [0, 0.1) is 5.82 Å². The van der Waals surface area contributed by atoms with Gasteiger partial charge in [-0.15, -0.1) is 0 Å². The molecule has 1 N–H and O–H groups in total. The van der Waals surface area contributed by atoms with Crippen molar-refractivity contribution in [3.8, 4) is 0 Å². The highest BCUT2D eigenvalue weighted by Crippen LogP contribution is 2.22. The van der Waals surface area contributed by atoms with Crippen molar-refractivity contribution in [3.63, 3.8) is 0 Å². The van der Waals surface area contributed by atoms with Crippen LogP contribution in [-0.4, -0.2) is 35.1 Å². The Bertz CT molecular complexity index is 613. The summed E-state index contributed by atoms with van der Waals surface area (Å²) in [5, 5.41) is 2.86. The summed E-state index contributed by atoms with van der Waals surface area (Å²) >= 11 is 0. The molecule has 2 amide bonds. The number of hydrogen-bond acceptors (Lipinski definition) is 3. The average Bonchev–Trinajstić information content (AvgIpc) is 2.95. The Hall–Kier alpha value is -2.11. The van der Waals surface area contributed by atoms with Crippen LogP contribution in [0.1, 0.15) is 52.1 Å². The first kappa shape index (κ1) is 18.2. The fraction of sp³-hybridized carbons (Fsp3) is 0.556. The van der Waals surface area contributed by atoms with Crippen molar-refractivity contribution in [2.45, 2.75) is 58.2 Å². The second kappa shape index (κ2) is 7.20. The van der Waals surface area contributed by atoms with Crippen LogP contribution in [0.3, 0.4) is 0 Å². The number of carbonyl (C=O) groups excluding carboxylic acids is 2. The first-order valence-electron chi connectivity index (χ1n) is 8.23. The number of amides is 2. The lowest BCUT2D eigenvalue weighted by atomic mass is 10.1. The normalized spacial score (nSPS) is 19.0. The first-order valence-corrected chi connectivity index (χ1v) is 8.23. The molecule has 0 unspecified atom stereocenters. The van der Waals surface area contributed by atoms with Gasteiger partial charge in [0.25, 0.3) is 0 Å². The third kappa shape index (κ3) is 4.69. The molecule has 2 atom stereocenters. The van der Waals surface area contributed by atoms with Gasteiger partial charge in [-0.3, -0.25) is 9.69 Å². The van der Waals surface area contributed by atoms with Crippen molar-refractivity contribution in [3.05, 3.63) is 35.6 Å². The van der Waals surface area contributed by atoms with Gasteiger partial charge in [0.15, 0.2) is 0 Å². The van der Waals surface area contributed by atoms with Crippen LogP contribution in [0.5, 0.6) is 0 Å². The van der Waals surface area contributed by atoms with E-state index in [1.165, 1.54) is 17.0 Å². The zero-order valence-electron chi connectivity index (χ0n) is 14.6. The zero-order valence-corrected chi connectivity index (χ0v) is 14.6. The van der Waals surface area contributed by atoms with Crippen LogP contribution in [0.2, 0.25) is 0 Å². The smallest absolute Gasteiger partial charge is 0.410 e. The molecular formula is C18H25FN2O3. The molecule has 0 saturated carbocycles. The van der Waals surface area contributed by atoms with Crippen molar-refractivity contribution < 1.29 is 18.7 Å². The third-order valence-electron chi connectivity index (χ3n) is 3.89. The van der Waals surface area contributed by atoms with Crippen molar-refractivity contribution >= 4 is 12.0 Å². The Balaban J connectivity index is 2.01. The van der Waals surface area contributed by atoms with E-state index in [2.05, 4.69) is 5.32 Å². The summed E-state index contributed by atoms with van der Waals surface area (Å²) in [5.74, 6) is -0.583. The highest BCUT2D eigenvalue weighted by Gasteiger charge is 2.36. The van der Waals surface area contributed by atoms with Crippen molar-refractivity contribution in [2.75, 3.05) is 6.54 Å². The van der Waals surface area contributed by atoms with Crippen LogP contribution in [0.4, 0.5) is 9.18 Å². The summed E-state index contributed by atoms with van der Waals surface area (Å²) in [7, 11) is 0. The predicted octanol–water partition coefficient (Wildman–Crippen LogP) is 3.40. The number of likely N-dealkylation sites (tertiary alicyclic amines) is 1. The lowest BCUT2D eigenvalue weighted by molar-refractivity contribution is -0.126. The van der Waals surface area contributed by atoms with Crippen LogP contribution in [-0.2, 0) is 9.53 Å². The maximum atomic E-state index is 13.3. The van der Waals surface area contributed by atoms with Gasteiger partial charge in [0.2, 0.25) is 5.91 Å². The highest BCUT2D eigenvalue weighted by atomic mass is 19.1. The van der Waals surface area contributed by atoms with Crippen LogP contribution in [0.25, 0.3) is 0 Å². The van der Waals surface area contributed by atoms with Crippen LogP contribution >= 0.6 is 0 Å². The minimum absolute atomic E-state index is 0.241. The number of carbonyl (C=O) groups is 2. The second-order valence-electron chi connectivity index (χ2n) is 7.12. The summed E-state index contributed by atoms with van der Waals surface area (Å²) in [6, 6.07) is 5.24. The summed E-state index contributed by atoms with van der Waals surface area (Å²) in [5.41, 5.74) is 0.0837. The largest absolute Gasteiger partial charge is 0.444 e. The Labute approximate surface area is 142 Å². The van der Waals surface area contributed by atoms with Gasteiger partial charge in [-0.1, -0.05) is 12.1 Å². The Kier molecular flexibility index (Phi) is 5.47. The molecule has 0 aromatic heterocycles. The molecule has 1 aromatic carbocycles. The molecule has 1 aliphatic rings. The van der Waals surface area contributed by atoms with Gasteiger partial charge in [0.1, 0.15) is 17.5 Å². The maximum absolute atomic E-state index is 13.3. The van der Waals surface area contributed by atoms with Crippen LogP contribution < -0.4 is 5.32 Å². The third-order valence-corrected chi connectivity index (χ3v) is 3.89.